The van der Waals surface area contributed by atoms with Crippen molar-refractivity contribution in [2.24, 2.45) is 7.05 Å². The molecular formula is C13H15N3O3S. The van der Waals surface area contributed by atoms with Gasteiger partial charge < -0.3 is 10.4 Å². The standard InChI is InChI=1S/C13H15N3O3S/c1-7-4-10(8(2)20-7)12(17)15-11(13(18)19)9-5-14-16(3)6-9/h4-6,11H,1-3H3,(H,15,17)(H,18,19). The van der Waals surface area contributed by atoms with Crippen LogP contribution in [-0.2, 0) is 11.8 Å². The number of carbonyl (C=O) groups is 2. The second-order valence-corrected chi connectivity index (χ2v) is 5.98. The van der Waals surface area contributed by atoms with Crippen molar-refractivity contribution in [3.05, 3.63) is 39.3 Å². The molecule has 0 aliphatic carbocycles. The summed E-state index contributed by atoms with van der Waals surface area (Å²) in [5, 5.41) is 15.7. The lowest BCUT2D eigenvalue weighted by Gasteiger charge is -2.12. The molecule has 106 valence electrons. The maximum Gasteiger partial charge on any atom is 0.331 e. The van der Waals surface area contributed by atoms with E-state index in [-0.39, 0.29) is 5.91 Å². The largest absolute Gasteiger partial charge is 0.479 e. The fraction of sp³-hybridized carbons (Fsp3) is 0.308. The minimum absolute atomic E-state index is 0.386. The number of hydrogen-bond donors (Lipinski definition) is 2. The minimum atomic E-state index is -1.11. The van der Waals surface area contributed by atoms with Crippen molar-refractivity contribution >= 4 is 23.2 Å². The van der Waals surface area contributed by atoms with Crippen molar-refractivity contribution in [2.75, 3.05) is 0 Å². The van der Waals surface area contributed by atoms with Gasteiger partial charge in [0.05, 0.1) is 11.8 Å². The number of aliphatic carboxylic acids is 1. The van der Waals surface area contributed by atoms with Gasteiger partial charge in [-0.05, 0) is 19.9 Å². The number of nitrogens with one attached hydrogen (secondary N) is 1. The van der Waals surface area contributed by atoms with Crippen molar-refractivity contribution in [3.8, 4) is 0 Å². The fourth-order valence-electron chi connectivity index (χ4n) is 1.94. The maximum atomic E-state index is 12.2. The summed E-state index contributed by atoms with van der Waals surface area (Å²) < 4.78 is 1.50. The second-order valence-electron chi connectivity index (χ2n) is 4.52. The summed E-state index contributed by atoms with van der Waals surface area (Å²) in [6, 6.07) is 0.660. The predicted molar refractivity (Wildman–Crippen MR) is 74.8 cm³/mol. The van der Waals surface area contributed by atoms with Crippen molar-refractivity contribution in [1.82, 2.24) is 15.1 Å². The van der Waals surface area contributed by atoms with Gasteiger partial charge in [0.15, 0.2) is 6.04 Å². The van der Waals surface area contributed by atoms with E-state index >= 15 is 0 Å². The predicted octanol–water partition coefficient (Wildman–Crippen LogP) is 1.65. The molecule has 2 rings (SSSR count). The zero-order valence-electron chi connectivity index (χ0n) is 11.4. The Morgan fingerprint density at radius 2 is 2.15 bits per heavy atom. The first kappa shape index (κ1) is 14.3. The van der Waals surface area contributed by atoms with Crippen LogP contribution in [0, 0.1) is 13.8 Å². The number of aryl methyl sites for hydroxylation is 3. The van der Waals surface area contributed by atoms with Gasteiger partial charge in [-0.2, -0.15) is 5.10 Å². The van der Waals surface area contributed by atoms with Gasteiger partial charge in [0.25, 0.3) is 5.91 Å². The number of amides is 1. The molecule has 2 N–H and O–H groups in total. The van der Waals surface area contributed by atoms with Gasteiger partial charge in [-0.3, -0.25) is 9.48 Å². The number of carboxylic acids is 1. The molecule has 0 saturated heterocycles. The Labute approximate surface area is 120 Å². The summed E-state index contributed by atoms with van der Waals surface area (Å²) in [5.41, 5.74) is 0.959. The van der Waals surface area contributed by atoms with Crippen molar-refractivity contribution in [2.45, 2.75) is 19.9 Å². The summed E-state index contributed by atoms with van der Waals surface area (Å²) in [6.07, 6.45) is 3.01. The van der Waals surface area contributed by atoms with Crippen molar-refractivity contribution in [3.63, 3.8) is 0 Å². The van der Waals surface area contributed by atoms with Crippen LogP contribution in [0.2, 0.25) is 0 Å². The molecule has 1 unspecified atom stereocenters. The van der Waals surface area contributed by atoms with E-state index in [1.807, 2.05) is 13.8 Å². The Morgan fingerprint density at radius 3 is 2.60 bits per heavy atom. The van der Waals surface area contributed by atoms with E-state index in [1.165, 1.54) is 22.2 Å². The van der Waals surface area contributed by atoms with E-state index in [4.69, 9.17) is 0 Å². The van der Waals surface area contributed by atoms with Crippen LogP contribution >= 0.6 is 11.3 Å². The summed E-state index contributed by atoms with van der Waals surface area (Å²) in [6.45, 7) is 3.75. The topological polar surface area (TPSA) is 84.2 Å². The molecule has 0 saturated carbocycles. The summed E-state index contributed by atoms with van der Waals surface area (Å²) >= 11 is 1.51. The van der Waals surface area contributed by atoms with Crippen LogP contribution in [0.15, 0.2) is 18.5 Å². The second kappa shape index (κ2) is 5.46. The quantitative estimate of drug-likeness (QED) is 0.897. The molecule has 0 aromatic carbocycles. The minimum Gasteiger partial charge on any atom is -0.479 e. The number of aromatic nitrogens is 2. The highest BCUT2D eigenvalue weighted by Crippen LogP contribution is 2.21. The Kier molecular flexibility index (Phi) is 3.89. The normalized spacial score (nSPS) is 12.2. The van der Waals surface area contributed by atoms with E-state index in [0.29, 0.717) is 11.1 Å². The first-order valence-electron chi connectivity index (χ1n) is 5.97. The average Bonchev–Trinajstić information content (AvgIpc) is 2.91. The van der Waals surface area contributed by atoms with E-state index in [9.17, 15) is 14.7 Å². The van der Waals surface area contributed by atoms with Crippen LogP contribution in [-0.4, -0.2) is 26.8 Å². The van der Waals surface area contributed by atoms with Gasteiger partial charge in [-0.25, -0.2) is 4.79 Å². The Bertz CT molecular complexity index is 660. The van der Waals surface area contributed by atoms with Crippen LogP contribution in [0.5, 0.6) is 0 Å². The number of rotatable bonds is 4. The molecule has 1 atom stereocenters. The van der Waals surface area contributed by atoms with E-state index in [0.717, 1.165) is 9.75 Å². The first-order valence-corrected chi connectivity index (χ1v) is 6.79. The number of hydrogen-bond acceptors (Lipinski definition) is 4. The zero-order chi connectivity index (χ0) is 14.9. The lowest BCUT2D eigenvalue weighted by atomic mass is 10.1. The molecule has 0 bridgehead atoms. The lowest BCUT2D eigenvalue weighted by molar-refractivity contribution is -0.139. The Balaban J connectivity index is 2.23. The molecule has 0 spiro atoms. The highest BCUT2D eigenvalue weighted by Gasteiger charge is 2.25. The van der Waals surface area contributed by atoms with Crippen LogP contribution < -0.4 is 5.32 Å². The fourth-order valence-corrected chi connectivity index (χ4v) is 2.86. The molecule has 2 aromatic heterocycles. The third-order valence-corrected chi connectivity index (χ3v) is 3.83. The molecule has 0 aliphatic rings. The molecule has 1 amide bonds. The zero-order valence-corrected chi connectivity index (χ0v) is 12.2. The highest BCUT2D eigenvalue weighted by atomic mass is 32.1. The molecular weight excluding hydrogens is 278 g/mol. The molecule has 20 heavy (non-hydrogen) atoms. The third kappa shape index (κ3) is 2.88. The highest BCUT2D eigenvalue weighted by molar-refractivity contribution is 7.12. The van der Waals surface area contributed by atoms with Crippen LogP contribution in [0.25, 0.3) is 0 Å². The van der Waals surface area contributed by atoms with E-state index < -0.39 is 12.0 Å². The summed E-state index contributed by atoms with van der Waals surface area (Å²) in [4.78, 5) is 25.4. The van der Waals surface area contributed by atoms with Crippen LogP contribution in [0.1, 0.15) is 31.7 Å². The number of nitrogens with zero attached hydrogens (tertiary/aromatic N) is 2. The SMILES string of the molecule is Cc1cc(C(=O)NC(C(=O)O)c2cnn(C)c2)c(C)s1. The number of thiophene rings is 1. The third-order valence-electron chi connectivity index (χ3n) is 2.87. The summed E-state index contributed by atoms with van der Waals surface area (Å²) in [7, 11) is 1.69. The molecule has 0 fully saturated rings. The van der Waals surface area contributed by atoms with Crippen LogP contribution in [0.3, 0.4) is 0 Å². The molecule has 0 aliphatic heterocycles. The number of carboxylic acid groups (broad SMARTS) is 1. The smallest absolute Gasteiger partial charge is 0.331 e. The molecule has 2 heterocycles. The van der Waals surface area contributed by atoms with Crippen molar-refractivity contribution < 1.29 is 14.7 Å². The lowest BCUT2D eigenvalue weighted by Crippen LogP contribution is -2.33. The average molecular weight is 293 g/mol. The van der Waals surface area contributed by atoms with Crippen LogP contribution in [0.4, 0.5) is 0 Å². The van der Waals surface area contributed by atoms with Crippen molar-refractivity contribution in [1.29, 1.82) is 0 Å². The first-order chi connectivity index (χ1) is 9.38. The van der Waals surface area contributed by atoms with Gasteiger partial charge in [-0.1, -0.05) is 0 Å². The monoisotopic (exact) mass is 293 g/mol. The molecule has 0 radical (unpaired) electrons. The molecule has 6 nitrogen and oxygen atoms in total. The molecule has 2 aromatic rings. The number of carbonyl (C=O) groups excluding carboxylic acids is 1. The van der Waals surface area contributed by atoms with Gasteiger partial charge in [0, 0.05) is 28.6 Å². The summed E-state index contributed by atoms with van der Waals surface area (Å²) in [5.74, 6) is -1.50. The van der Waals surface area contributed by atoms with E-state index in [2.05, 4.69) is 10.4 Å². The maximum absolute atomic E-state index is 12.2. The van der Waals surface area contributed by atoms with Gasteiger partial charge >= 0.3 is 5.97 Å². The van der Waals surface area contributed by atoms with Gasteiger partial charge in [0.2, 0.25) is 0 Å². The Hall–Kier alpha value is -2.15. The van der Waals surface area contributed by atoms with E-state index in [1.54, 1.807) is 19.3 Å². The van der Waals surface area contributed by atoms with Gasteiger partial charge in [-0.15, -0.1) is 11.3 Å². The van der Waals surface area contributed by atoms with Gasteiger partial charge in [0.1, 0.15) is 0 Å². The molecule has 7 heteroatoms. The Morgan fingerprint density at radius 1 is 1.45 bits per heavy atom.